The Bertz CT molecular complexity index is 3210. The summed E-state index contributed by atoms with van der Waals surface area (Å²) in [5.41, 5.74) is 14.8. The fraction of sp³-hybridized carbons (Fsp3) is 0.0175. The van der Waals surface area contributed by atoms with Crippen molar-refractivity contribution in [3.05, 3.63) is 257 Å². The third kappa shape index (κ3) is 5.26. The smallest absolute Gasteiger partial charge is 0.139 e. The summed E-state index contributed by atoms with van der Waals surface area (Å²) < 4.78 is 9.61. The summed E-state index contributed by atoms with van der Waals surface area (Å²) in [4.78, 5) is 2.34. The lowest BCUT2D eigenvalue weighted by Gasteiger charge is -2.39. The minimum absolute atomic E-state index is 0.520. The molecule has 2 aliphatic rings. The number of rotatable bonds is 6. The molecule has 1 spiro atoms. The molecule has 0 fully saturated rings. The van der Waals surface area contributed by atoms with Crippen molar-refractivity contribution >= 4 is 60.2 Å². The van der Waals surface area contributed by atoms with Crippen LogP contribution in [0.25, 0.3) is 42.9 Å². The molecule has 0 radical (unpaired) electrons. The second-order valence-electron chi connectivity index (χ2n) is 15.6. The van der Waals surface area contributed by atoms with Crippen LogP contribution in [-0.2, 0) is 5.41 Å². The molecule has 10 aromatic rings. The minimum atomic E-state index is -0.520. The van der Waals surface area contributed by atoms with Gasteiger partial charge in [-0.2, -0.15) is 0 Å². The highest BCUT2D eigenvalue weighted by molar-refractivity contribution is 7.25. The van der Waals surface area contributed by atoms with E-state index >= 15 is 0 Å². The largest absolute Gasteiger partial charge is 0.456 e. The average molecular weight is 784 g/mol. The maximum Gasteiger partial charge on any atom is 0.139 e. The molecule has 282 valence electrons. The molecule has 1 aliphatic carbocycles. The van der Waals surface area contributed by atoms with E-state index in [1.807, 2.05) is 11.3 Å². The normalized spacial score (nSPS) is 13.4. The molecule has 1 aliphatic heterocycles. The minimum Gasteiger partial charge on any atom is -0.456 e. The first-order valence-corrected chi connectivity index (χ1v) is 21.3. The van der Waals surface area contributed by atoms with Crippen LogP contribution in [-0.4, -0.2) is 0 Å². The van der Waals surface area contributed by atoms with Gasteiger partial charge in [0.05, 0.1) is 5.41 Å². The van der Waals surface area contributed by atoms with Crippen LogP contribution in [0.1, 0.15) is 38.9 Å². The number of nitrogens with zero attached hydrogens (tertiary/aromatic N) is 1. The number of fused-ring (bicyclic) bond motifs is 12. The maximum atomic E-state index is 7.07. The van der Waals surface area contributed by atoms with Crippen molar-refractivity contribution < 1.29 is 4.74 Å². The number of hydrogen-bond acceptors (Lipinski definition) is 3. The standard InChI is InChI=1S/C57H37NOS/c1-4-17-38(18-5-1)46(39-31-33-54-47(35-39)48-37-43(32-34-55(48)60-54)58(41-20-6-2-7-21-41)42-22-8-3-9-23-42)36-40-19-16-29-52-56(40)59-53-30-15-14-28-51(53)57(52)49-26-12-10-24-44(49)45-25-11-13-27-50(45)57/h1-37H/b46-36-. The lowest BCUT2D eigenvalue weighted by Crippen LogP contribution is -2.32. The topological polar surface area (TPSA) is 12.5 Å². The van der Waals surface area contributed by atoms with E-state index in [0.717, 1.165) is 56.4 Å². The van der Waals surface area contributed by atoms with E-state index in [9.17, 15) is 0 Å². The van der Waals surface area contributed by atoms with Gasteiger partial charge in [0.2, 0.25) is 0 Å². The Kier molecular flexibility index (Phi) is 7.97. The van der Waals surface area contributed by atoms with Gasteiger partial charge in [-0.25, -0.2) is 0 Å². The Morgan fingerprint density at radius 3 is 1.67 bits per heavy atom. The molecule has 0 unspecified atom stereocenters. The van der Waals surface area contributed by atoms with Gasteiger partial charge < -0.3 is 9.64 Å². The predicted octanol–water partition coefficient (Wildman–Crippen LogP) is 15.6. The SMILES string of the molecule is C(=C(\c1ccccc1)c1ccc2sc3ccc(N(c4ccccc4)c4ccccc4)cc3c2c1)/c1cccc2c1Oc1ccccc1C21c2ccccc2-c2ccccc21. The molecule has 2 nitrogen and oxygen atoms in total. The lowest BCUT2D eigenvalue weighted by molar-refractivity contribution is 0.435. The first-order chi connectivity index (χ1) is 29.8. The first-order valence-electron chi connectivity index (χ1n) is 20.5. The van der Waals surface area contributed by atoms with Crippen molar-refractivity contribution in [2.45, 2.75) is 5.41 Å². The second kappa shape index (κ2) is 13.8. The number of anilines is 3. The molecular formula is C57H37NOS. The van der Waals surface area contributed by atoms with E-state index in [0.29, 0.717) is 0 Å². The second-order valence-corrected chi connectivity index (χ2v) is 16.7. The van der Waals surface area contributed by atoms with Gasteiger partial charge in [0.1, 0.15) is 11.5 Å². The number of thiophene rings is 1. The van der Waals surface area contributed by atoms with E-state index in [4.69, 9.17) is 4.74 Å². The summed E-state index contributed by atoms with van der Waals surface area (Å²) in [6, 6.07) is 79.0. The molecule has 9 aromatic carbocycles. The third-order valence-corrected chi connectivity index (χ3v) is 13.5. The van der Waals surface area contributed by atoms with Crippen LogP contribution in [0, 0.1) is 0 Å². The Balaban J connectivity index is 1.06. The molecule has 3 heteroatoms. The zero-order valence-electron chi connectivity index (χ0n) is 32.6. The Hall–Kier alpha value is -7.46. The molecule has 0 bridgehead atoms. The van der Waals surface area contributed by atoms with Gasteiger partial charge in [0, 0.05) is 53.9 Å². The van der Waals surface area contributed by atoms with Crippen LogP contribution in [0.3, 0.4) is 0 Å². The molecule has 0 N–H and O–H groups in total. The van der Waals surface area contributed by atoms with Gasteiger partial charge in [-0.05, 0) is 106 Å². The summed E-state index contributed by atoms with van der Waals surface area (Å²) in [5, 5.41) is 2.49. The number of ether oxygens (including phenoxy) is 1. The van der Waals surface area contributed by atoms with Crippen molar-refractivity contribution in [2.24, 2.45) is 0 Å². The van der Waals surface area contributed by atoms with Gasteiger partial charge in [0.25, 0.3) is 0 Å². The summed E-state index contributed by atoms with van der Waals surface area (Å²) in [5.74, 6) is 1.78. The van der Waals surface area contributed by atoms with Crippen LogP contribution in [0.15, 0.2) is 218 Å². The fourth-order valence-electron chi connectivity index (χ4n) is 9.79. The zero-order valence-corrected chi connectivity index (χ0v) is 33.4. The maximum absolute atomic E-state index is 7.07. The lowest BCUT2D eigenvalue weighted by atomic mass is 9.66. The van der Waals surface area contributed by atoms with Gasteiger partial charge in [-0.15, -0.1) is 11.3 Å². The van der Waals surface area contributed by atoms with E-state index in [1.54, 1.807) is 0 Å². The van der Waals surface area contributed by atoms with E-state index < -0.39 is 5.41 Å². The van der Waals surface area contributed by atoms with Gasteiger partial charge in [0.15, 0.2) is 0 Å². The molecule has 60 heavy (non-hydrogen) atoms. The van der Waals surface area contributed by atoms with Crippen LogP contribution in [0.2, 0.25) is 0 Å². The molecule has 0 saturated carbocycles. The number of benzene rings is 9. The molecule has 0 saturated heterocycles. The van der Waals surface area contributed by atoms with Crippen LogP contribution >= 0.6 is 11.3 Å². The average Bonchev–Trinajstić information content (AvgIpc) is 3.83. The zero-order chi connectivity index (χ0) is 39.6. The highest BCUT2D eigenvalue weighted by Crippen LogP contribution is 2.62. The quantitative estimate of drug-likeness (QED) is 0.156. The van der Waals surface area contributed by atoms with E-state index in [-0.39, 0.29) is 0 Å². The van der Waals surface area contributed by atoms with Crippen molar-refractivity contribution in [1.29, 1.82) is 0 Å². The third-order valence-electron chi connectivity index (χ3n) is 12.3. The molecule has 0 amide bonds. The number of para-hydroxylation sites is 4. The monoisotopic (exact) mass is 783 g/mol. The first kappa shape index (κ1) is 34.6. The summed E-state index contributed by atoms with van der Waals surface area (Å²) in [6.45, 7) is 0. The Morgan fingerprint density at radius 2 is 0.983 bits per heavy atom. The molecule has 1 aromatic heterocycles. The predicted molar refractivity (Wildman–Crippen MR) is 251 cm³/mol. The molecule has 2 heterocycles. The van der Waals surface area contributed by atoms with Gasteiger partial charge >= 0.3 is 0 Å². The highest BCUT2D eigenvalue weighted by atomic mass is 32.1. The number of hydrogen-bond donors (Lipinski definition) is 0. The summed E-state index contributed by atoms with van der Waals surface area (Å²) >= 11 is 1.85. The highest BCUT2D eigenvalue weighted by Gasteiger charge is 2.51. The van der Waals surface area contributed by atoms with Crippen LogP contribution < -0.4 is 9.64 Å². The molecular weight excluding hydrogens is 747 g/mol. The van der Waals surface area contributed by atoms with Crippen molar-refractivity contribution in [3.63, 3.8) is 0 Å². The summed E-state index contributed by atoms with van der Waals surface area (Å²) in [7, 11) is 0. The van der Waals surface area contributed by atoms with Crippen molar-refractivity contribution in [2.75, 3.05) is 4.90 Å². The van der Waals surface area contributed by atoms with Gasteiger partial charge in [-0.3, -0.25) is 0 Å². The summed E-state index contributed by atoms with van der Waals surface area (Å²) in [6.07, 6.45) is 2.34. The fourth-order valence-corrected chi connectivity index (χ4v) is 10.9. The van der Waals surface area contributed by atoms with E-state index in [1.165, 1.54) is 48.0 Å². The van der Waals surface area contributed by atoms with Crippen LogP contribution in [0.4, 0.5) is 17.1 Å². The van der Waals surface area contributed by atoms with Gasteiger partial charge in [-0.1, -0.05) is 158 Å². The Morgan fingerprint density at radius 1 is 0.433 bits per heavy atom. The van der Waals surface area contributed by atoms with Crippen LogP contribution in [0.5, 0.6) is 11.5 Å². The Labute approximate surface area is 353 Å². The van der Waals surface area contributed by atoms with Crippen molar-refractivity contribution in [3.8, 4) is 22.6 Å². The molecule has 12 rings (SSSR count). The van der Waals surface area contributed by atoms with Crippen molar-refractivity contribution in [1.82, 2.24) is 0 Å². The molecule has 0 atom stereocenters. The van der Waals surface area contributed by atoms with E-state index in [2.05, 4.69) is 229 Å².